The molecule has 0 saturated heterocycles. The Morgan fingerprint density at radius 1 is 1.10 bits per heavy atom. The highest BCUT2D eigenvalue weighted by atomic mass is 35.5. The molecule has 110 valence electrons. The van der Waals surface area contributed by atoms with Crippen molar-refractivity contribution in [2.24, 2.45) is 0 Å². The molecule has 0 bridgehead atoms. The predicted octanol–water partition coefficient (Wildman–Crippen LogP) is 4.18. The van der Waals surface area contributed by atoms with E-state index in [4.69, 9.17) is 11.6 Å². The van der Waals surface area contributed by atoms with Crippen molar-refractivity contribution in [1.82, 2.24) is 4.90 Å². The quantitative estimate of drug-likeness (QED) is 0.859. The van der Waals surface area contributed by atoms with Crippen LogP contribution in [0.2, 0.25) is 5.02 Å². The molecule has 0 aliphatic rings. The summed E-state index contributed by atoms with van der Waals surface area (Å²) in [5.74, 6) is -0.0102. The minimum Gasteiger partial charge on any atom is -0.365 e. The first-order valence-electron chi connectivity index (χ1n) is 6.83. The number of nitrogens with one attached hydrogen (secondary N) is 1. The predicted molar refractivity (Wildman–Crippen MR) is 87.8 cm³/mol. The first-order valence-corrected chi connectivity index (χ1v) is 7.21. The third-order valence-corrected chi connectivity index (χ3v) is 3.67. The Kier molecular flexibility index (Phi) is 4.86. The summed E-state index contributed by atoms with van der Waals surface area (Å²) < 4.78 is 0. The van der Waals surface area contributed by atoms with Crippen LogP contribution in [0.25, 0.3) is 0 Å². The van der Waals surface area contributed by atoms with Crippen LogP contribution in [0.5, 0.6) is 0 Å². The molecule has 0 spiro atoms. The van der Waals surface area contributed by atoms with E-state index in [1.165, 1.54) is 0 Å². The fraction of sp³-hybridized carbons (Fsp3) is 0.235. The maximum absolute atomic E-state index is 12.4. The monoisotopic (exact) mass is 302 g/mol. The molecule has 0 fully saturated rings. The Labute approximate surface area is 130 Å². The minimum atomic E-state index is -0.125. The van der Waals surface area contributed by atoms with Gasteiger partial charge in [0.1, 0.15) is 0 Å². The number of carbonyl (C=O) groups is 1. The molecule has 2 aromatic rings. The molecule has 3 nitrogen and oxygen atoms in total. The zero-order valence-electron chi connectivity index (χ0n) is 12.4. The smallest absolute Gasteiger partial charge is 0.255 e. The van der Waals surface area contributed by atoms with Gasteiger partial charge in [0, 0.05) is 23.3 Å². The summed E-state index contributed by atoms with van der Waals surface area (Å²) in [4.78, 5) is 14.1. The van der Waals surface area contributed by atoms with Crippen molar-refractivity contribution < 1.29 is 4.79 Å². The highest BCUT2D eigenvalue weighted by Crippen LogP contribution is 2.16. The molecule has 2 aromatic carbocycles. The number of halogens is 1. The van der Waals surface area contributed by atoms with E-state index in [-0.39, 0.29) is 12.1 Å². The second-order valence-electron chi connectivity index (χ2n) is 5.11. The molecule has 0 saturated carbocycles. The summed E-state index contributed by atoms with van der Waals surface area (Å²) in [7, 11) is 1.79. The van der Waals surface area contributed by atoms with Crippen LogP contribution in [0.4, 0.5) is 5.69 Å². The topological polar surface area (TPSA) is 32.3 Å². The lowest BCUT2D eigenvalue weighted by Crippen LogP contribution is -2.40. The molecule has 0 aromatic heterocycles. The molecule has 0 aliphatic carbocycles. The van der Waals surface area contributed by atoms with E-state index in [2.05, 4.69) is 5.32 Å². The molecule has 0 radical (unpaired) electrons. The molecule has 2 rings (SSSR count). The Hall–Kier alpha value is -2.00. The van der Waals surface area contributed by atoms with Crippen LogP contribution < -0.4 is 5.32 Å². The van der Waals surface area contributed by atoms with Gasteiger partial charge in [0.15, 0.2) is 0 Å². The summed E-state index contributed by atoms with van der Waals surface area (Å²) >= 11 is 5.86. The summed E-state index contributed by atoms with van der Waals surface area (Å²) in [6.45, 7) is 3.95. The number of anilines is 1. The van der Waals surface area contributed by atoms with E-state index in [0.29, 0.717) is 10.6 Å². The van der Waals surface area contributed by atoms with Gasteiger partial charge in [0.05, 0.1) is 6.17 Å². The number of benzene rings is 2. The number of hydrogen-bond donors (Lipinski definition) is 1. The maximum Gasteiger partial charge on any atom is 0.255 e. The molecule has 0 aliphatic heterocycles. The van der Waals surface area contributed by atoms with Gasteiger partial charge in [-0.2, -0.15) is 0 Å². The fourth-order valence-corrected chi connectivity index (χ4v) is 2.09. The van der Waals surface area contributed by atoms with Crippen LogP contribution in [0.15, 0.2) is 48.5 Å². The molecule has 4 heteroatoms. The molecule has 1 amide bonds. The number of rotatable bonds is 4. The van der Waals surface area contributed by atoms with Gasteiger partial charge in [0.2, 0.25) is 0 Å². The molecule has 1 unspecified atom stereocenters. The van der Waals surface area contributed by atoms with E-state index in [9.17, 15) is 4.79 Å². The van der Waals surface area contributed by atoms with Gasteiger partial charge in [-0.05, 0) is 50.2 Å². The van der Waals surface area contributed by atoms with Gasteiger partial charge in [-0.25, -0.2) is 0 Å². The first-order chi connectivity index (χ1) is 9.97. The van der Waals surface area contributed by atoms with Crippen LogP contribution in [0.1, 0.15) is 22.8 Å². The third-order valence-electron chi connectivity index (χ3n) is 3.42. The van der Waals surface area contributed by atoms with E-state index < -0.39 is 0 Å². The van der Waals surface area contributed by atoms with Crippen molar-refractivity contribution in [3.63, 3.8) is 0 Å². The Morgan fingerprint density at radius 2 is 1.67 bits per heavy atom. The van der Waals surface area contributed by atoms with E-state index in [1.54, 1.807) is 11.9 Å². The molecule has 0 heterocycles. The fourth-order valence-electron chi connectivity index (χ4n) is 1.96. The number of hydrogen-bond acceptors (Lipinski definition) is 2. The van der Waals surface area contributed by atoms with E-state index in [1.807, 2.05) is 62.4 Å². The number of aryl methyl sites for hydroxylation is 1. The van der Waals surface area contributed by atoms with Crippen molar-refractivity contribution in [1.29, 1.82) is 0 Å². The summed E-state index contributed by atoms with van der Waals surface area (Å²) in [6, 6.07) is 15.0. The average Bonchev–Trinajstić information content (AvgIpc) is 2.49. The Morgan fingerprint density at radius 3 is 2.24 bits per heavy atom. The molecule has 1 atom stereocenters. The lowest BCUT2D eigenvalue weighted by molar-refractivity contribution is 0.0760. The van der Waals surface area contributed by atoms with E-state index in [0.717, 1.165) is 11.3 Å². The molecular formula is C17H19ClN2O. The maximum atomic E-state index is 12.4. The third kappa shape index (κ3) is 3.99. The summed E-state index contributed by atoms with van der Waals surface area (Å²) in [5, 5.41) is 3.97. The summed E-state index contributed by atoms with van der Waals surface area (Å²) in [6.07, 6.45) is -0.125. The van der Waals surface area contributed by atoms with Crippen LogP contribution in [-0.4, -0.2) is 24.0 Å². The van der Waals surface area contributed by atoms with Crippen LogP contribution in [0, 0.1) is 6.92 Å². The van der Waals surface area contributed by atoms with Crippen LogP contribution in [0.3, 0.4) is 0 Å². The summed E-state index contributed by atoms with van der Waals surface area (Å²) in [5.41, 5.74) is 2.75. The minimum absolute atomic E-state index is 0.0102. The zero-order valence-corrected chi connectivity index (χ0v) is 13.2. The van der Waals surface area contributed by atoms with E-state index >= 15 is 0 Å². The van der Waals surface area contributed by atoms with Crippen molar-refractivity contribution in [3.8, 4) is 0 Å². The van der Waals surface area contributed by atoms with Gasteiger partial charge in [-0.15, -0.1) is 0 Å². The van der Waals surface area contributed by atoms with Crippen LogP contribution in [-0.2, 0) is 0 Å². The van der Waals surface area contributed by atoms with Gasteiger partial charge < -0.3 is 10.2 Å². The first kappa shape index (κ1) is 15.4. The molecule has 1 N–H and O–H groups in total. The Bertz CT molecular complexity index is 608. The largest absolute Gasteiger partial charge is 0.365 e. The van der Waals surface area contributed by atoms with Gasteiger partial charge in [-0.1, -0.05) is 29.3 Å². The van der Waals surface area contributed by atoms with Crippen molar-refractivity contribution >= 4 is 23.2 Å². The van der Waals surface area contributed by atoms with Crippen molar-refractivity contribution in [3.05, 3.63) is 64.7 Å². The standard InChI is InChI=1S/C17H19ClN2O/c1-12-4-6-14(7-5-12)17(21)20(3)13(2)19-16-10-8-15(18)9-11-16/h4-11,13,19H,1-3H3. The average molecular weight is 303 g/mol. The Balaban J connectivity index is 2.04. The number of carbonyl (C=O) groups excluding carboxylic acids is 1. The normalized spacial score (nSPS) is 11.8. The lowest BCUT2D eigenvalue weighted by Gasteiger charge is -2.27. The second-order valence-corrected chi connectivity index (χ2v) is 5.55. The lowest BCUT2D eigenvalue weighted by atomic mass is 10.1. The highest BCUT2D eigenvalue weighted by Gasteiger charge is 2.17. The number of nitrogens with zero attached hydrogens (tertiary/aromatic N) is 1. The van der Waals surface area contributed by atoms with Crippen molar-refractivity contribution in [2.45, 2.75) is 20.0 Å². The van der Waals surface area contributed by atoms with Gasteiger partial charge in [-0.3, -0.25) is 4.79 Å². The number of amides is 1. The SMILES string of the molecule is Cc1ccc(C(=O)N(C)C(C)Nc2ccc(Cl)cc2)cc1. The van der Waals surface area contributed by atoms with Gasteiger partial charge >= 0.3 is 0 Å². The van der Waals surface area contributed by atoms with Crippen LogP contribution >= 0.6 is 11.6 Å². The molecular weight excluding hydrogens is 284 g/mol. The molecule has 21 heavy (non-hydrogen) atoms. The highest BCUT2D eigenvalue weighted by molar-refractivity contribution is 6.30. The van der Waals surface area contributed by atoms with Crippen molar-refractivity contribution in [2.75, 3.05) is 12.4 Å². The zero-order chi connectivity index (χ0) is 15.4. The second kappa shape index (κ2) is 6.64. The van der Waals surface area contributed by atoms with Gasteiger partial charge in [0.25, 0.3) is 5.91 Å².